The van der Waals surface area contributed by atoms with Gasteiger partial charge < -0.3 is 9.30 Å². The number of hydrogen-bond donors (Lipinski definition) is 0. The molecule has 0 fully saturated rings. The zero-order valence-electron chi connectivity index (χ0n) is 13.1. The predicted molar refractivity (Wildman–Crippen MR) is 84.1 cm³/mol. The van der Waals surface area contributed by atoms with E-state index in [9.17, 15) is 4.79 Å². The molecule has 0 aliphatic carbocycles. The third-order valence-electron chi connectivity index (χ3n) is 3.93. The van der Waals surface area contributed by atoms with Gasteiger partial charge in [0.2, 0.25) is 0 Å². The number of imidazole rings is 1. The van der Waals surface area contributed by atoms with Gasteiger partial charge in [0.05, 0.1) is 23.6 Å². The van der Waals surface area contributed by atoms with E-state index >= 15 is 0 Å². The molecule has 1 heterocycles. The Morgan fingerprint density at radius 2 is 2.00 bits per heavy atom. The average molecular weight is 288 g/mol. The average Bonchev–Trinajstić information content (AvgIpc) is 2.80. The Morgan fingerprint density at radius 3 is 2.71 bits per heavy atom. The van der Waals surface area contributed by atoms with Crippen LogP contribution in [0, 0.1) is 12.8 Å². The summed E-state index contributed by atoms with van der Waals surface area (Å²) < 4.78 is 7.54. The van der Waals surface area contributed by atoms with Crippen molar-refractivity contribution in [3.05, 3.63) is 30.1 Å². The predicted octanol–water partition coefficient (Wildman–Crippen LogP) is 3.71. The van der Waals surface area contributed by atoms with Crippen molar-refractivity contribution in [3.8, 4) is 0 Å². The SMILES string of the molecule is CCC(CC)C(=O)OCCCn1c(C)nc2ccccc21. The lowest BCUT2D eigenvalue weighted by atomic mass is 10.0. The summed E-state index contributed by atoms with van der Waals surface area (Å²) in [5.74, 6) is 0.982. The Bertz CT molecular complexity index is 600. The van der Waals surface area contributed by atoms with Crippen molar-refractivity contribution in [2.45, 2.75) is 46.6 Å². The smallest absolute Gasteiger partial charge is 0.308 e. The van der Waals surface area contributed by atoms with Crippen LogP contribution in [-0.2, 0) is 16.1 Å². The third kappa shape index (κ3) is 3.63. The molecule has 0 N–H and O–H groups in total. The highest BCUT2D eigenvalue weighted by atomic mass is 16.5. The molecule has 0 radical (unpaired) electrons. The standard InChI is InChI=1S/C17H24N2O2/c1-4-14(5-2)17(20)21-12-8-11-19-13(3)18-15-9-6-7-10-16(15)19/h6-7,9-10,14H,4-5,8,11-12H2,1-3H3. The molecule has 1 aromatic carbocycles. The lowest BCUT2D eigenvalue weighted by Gasteiger charge is -2.12. The molecule has 114 valence electrons. The summed E-state index contributed by atoms with van der Waals surface area (Å²) in [6.07, 6.45) is 2.51. The number of para-hydroxylation sites is 2. The van der Waals surface area contributed by atoms with Crippen LogP contribution in [-0.4, -0.2) is 22.1 Å². The zero-order valence-corrected chi connectivity index (χ0v) is 13.1. The minimum Gasteiger partial charge on any atom is -0.465 e. The summed E-state index contributed by atoms with van der Waals surface area (Å²) in [7, 11) is 0. The maximum absolute atomic E-state index is 11.8. The molecular weight excluding hydrogens is 264 g/mol. The number of nitrogens with zero attached hydrogens (tertiary/aromatic N) is 2. The van der Waals surface area contributed by atoms with Crippen molar-refractivity contribution in [3.63, 3.8) is 0 Å². The molecule has 0 aliphatic heterocycles. The highest BCUT2D eigenvalue weighted by Crippen LogP contribution is 2.16. The molecule has 0 aliphatic rings. The van der Waals surface area contributed by atoms with Crippen molar-refractivity contribution >= 4 is 17.0 Å². The van der Waals surface area contributed by atoms with Crippen LogP contribution in [0.15, 0.2) is 24.3 Å². The Kier molecular flexibility index (Phi) is 5.37. The molecule has 0 spiro atoms. The van der Waals surface area contributed by atoms with Crippen molar-refractivity contribution in [2.24, 2.45) is 5.92 Å². The van der Waals surface area contributed by atoms with Crippen LogP contribution in [0.4, 0.5) is 0 Å². The number of carbonyl (C=O) groups is 1. The van der Waals surface area contributed by atoms with E-state index in [1.807, 2.05) is 39.0 Å². The van der Waals surface area contributed by atoms with Gasteiger partial charge in [-0.2, -0.15) is 0 Å². The van der Waals surface area contributed by atoms with Crippen molar-refractivity contribution in [2.75, 3.05) is 6.61 Å². The third-order valence-corrected chi connectivity index (χ3v) is 3.93. The number of aromatic nitrogens is 2. The zero-order chi connectivity index (χ0) is 15.2. The number of esters is 1. The van der Waals surface area contributed by atoms with E-state index in [-0.39, 0.29) is 11.9 Å². The molecule has 0 saturated heterocycles. The monoisotopic (exact) mass is 288 g/mol. The minimum absolute atomic E-state index is 0.0424. The topological polar surface area (TPSA) is 44.1 Å². The van der Waals surface area contributed by atoms with E-state index in [0.717, 1.165) is 42.7 Å². The van der Waals surface area contributed by atoms with Gasteiger partial charge in [-0.15, -0.1) is 0 Å². The molecule has 1 aromatic heterocycles. The van der Waals surface area contributed by atoms with Gasteiger partial charge in [0.25, 0.3) is 0 Å². The van der Waals surface area contributed by atoms with E-state index in [4.69, 9.17) is 4.74 Å². The fourth-order valence-electron chi connectivity index (χ4n) is 2.61. The summed E-state index contributed by atoms with van der Waals surface area (Å²) in [5, 5.41) is 0. The molecule has 0 amide bonds. The van der Waals surface area contributed by atoms with E-state index in [0.29, 0.717) is 6.61 Å². The summed E-state index contributed by atoms with van der Waals surface area (Å²) in [6.45, 7) is 7.35. The molecule has 0 atom stereocenters. The first-order chi connectivity index (χ1) is 10.2. The molecule has 0 bridgehead atoms. The van der Waals surface area contributed by atoms with Gasteiger partial charge in [-0.1, -0.05) is 26.0 Å². The first-order valence-corrected chi connectivity index (χ1v) is 7.75. The van der Waals surface area contributed by atoms with E-state index in [1.165, 1.54) is 0 Å². The fraction of sp³-hybridized carbons (Fsp3) is 0.529. The van der Waals surface area contributed by atoms with Gasteiger partial charge in [0, 0.05) is 6.54 Å². The molecule has 4 heteroatoms. The molecule has 2 aromatic rings. The maximum atomic E-state index is 11.8. The van der Waals surface area contributed by atoms with Gasteiger partial charge >= 0.3 is 5.97 Å². The number of benzene rings is 1. The molecular formula is C17H24N2O2. The number of hydrogen-bond acceptors (Lipinski definition) is 3. The summed E-state index contributed by atoms with van der Waals surface area (Å²) in [4.78, 5) is 16.3. The Hall–Kier alpha value is -1.84. The van der Waals surface area contributed by atoms with Crippen LogP contribution in [0.3, 0.4) is 0 Å². The maximum Gasteiger partial charge on any atom is 0.308 e. The second-order valence-electron chi connectivity index (χ2n) is 5.33. The van der Waals surface area contributed by atoms with Crippen molar-refractivity contribution in [1.82, 2.24) is 9.55 Å². The van der Waals surface area contributed by atoms with Crippen molar-refractivity contribution in [1.29, 1.82) is 0 Å². The van der Waals surface area contributed by atoms with Crippen LogP contribution in [0.25, 0.3) is 11.0 Å². The number of fused-ring (bicyclic) bond motifs is 1. The highest BCUT2D eigenvalue weighted by Gasteiger charge is 2.15. The normalized spacial score (nSPS) is 11.2. The fourth-order valence-corrected chi connectivity index (χ4v) is 2.61. The number of rotatable bonds is 7. The van der Waals surface area contributed by atoms with Gasteiger partial charge in [0.15, 0.2) is 0 Å². The van der Waals surface area contributed by atoms with Crippen LogP contribution >= 0.6 is 0 Å². The molecule has 0 saturated carbocycles. The Labute approximate surface area is 126 Å². The van der Waals surface area contributed by atoms with E-state index < -0.39 is 0 Å². The first-order valence-electron chi connectivity index (χ1n) is 7.75. The molecule has 4 nitrogen and oxygen atoms in total. The van der Waals surface area contributed by atoms with Gasteiger partial charge in [-0.3, -0.25) is 4.79 Å². The van der Waals surface area contributed by atoms with Crippen LogP contribution in [0.5, 0.6) is 0 Å². The molecule has 0 unspecified atom stereocenters. The van der Waals surface area contributed by atoms with Gasteiger partial charge in [-0.25, -0.2) is 4.98 Å². The van der Waals surface area contributed by atoms with E-state index in [2.05, 4.69) is 15.6 Å². The van der Waals surface area contributed by atoms with Crippen molar-refractivity contribution < 1.29 is 9.53 Å². The first kappa shape index (κ1) is 15.5. The van der Waals surface area contributed by atoms with Gasteiger partial charge in [-0.05, 0) is 38.3 Å². The quantitative estimate of drug-likeness (QED) is 0.576. The summed E-state index contributed by atoms with van der Waals surface area (Å²) in [5.41, 5.74) is 2.16. The summed E-state index contributed by atoms with van der Waals surface area (Å²) >= 11 is 0. The minimum atomic E-state index is -0.0628. The van der Waals surface area contributed by atoms with E-state index in [1.54, 1.807) is 0 Å². The Balaban J connectivity index is 1.88. The van der Waals surface area contributed by atoms with Gasteiger partial charge in [0.1, 0.15) is 5.82 Å². The number of carbonyl (C=O) groups excluding carboxylic acids is 1. The van der Waals surface area contributed by atoms with Crippen LogP contribution in [0.2, 0.25) is 0 Å². The highest BCUT2D eigenvalue weighted by molar-refractivity contribution is 5.75. The van der Waals surface area contributed by atoms with Crippen LogP contribution in [0.1, 0.15) is 38.9 Å². The lowest BCUT2D eigenvalue weighted by Crippen LogP contribution is -2.17. The lowest BCUT2D eigenvalue weighted by molar-refractivity contribution is -0.148. The largest absolute Gasteiger partial charge is 0.465 e. The second-order valence-corrected chi connectivity index (χ2v) is 5.33. The van der Waals surface area contributed by atoms with Crippen LogP contribution < -0.4 is 0 Å². The second kappa shape index (κ2) is 7.25. The molecule has 2 rings (SSSR count). The number of aryl methyl sites for hydroxylation is 2. The summed E-state index contributed by atoms with van der Waals surface area (Å²) in [6, 6.07) is 8.11. The number of ether oxygens (including phenoxy) is 1. The Morgan fingerprint density at radius 1 is 1.29 bits per heavy atom. The molecule has 21 heavy (non-hydrogen) atoms.